The fourth-order valence-electron chi connectivity index (χ4n) is 4.11. The molecule has 1 aliphatic rings. The fourth-order valence-corrected chi connectivity index (χ4v) is 4.11. The smallest absolute Gasteiger partial charge is 0.323 e. The van der Waals surface area contributed by atoms with E-state index in [9.17, 15) is 4.79 Å². The number of carbonyl (C=O) groups excluding carboxylic acids is 1. The first kappa shape index (κ1) is 22.0. The Morgan fingerprint density at radius 1 is 1.03 bits per heavy atom. The Morgan fingerprint density at radius 2 is 1.75 bits per heavy atom. The number of anilines is 2. The lowest BCUT2D eigenvalue weighted by atomic mass is 10.2. The average molecular weight is 437 g/mol. The number of fused-ring (bicyclic) bond motifs is 1. The van der Waals surface area contributed by atoms with Gasteiger partial charge >= 0.3 is 6.03 Å². The number of methoxy groups -OCH3 is 1. The first-order valence-corrected chi connectivity index (χ1v) is 11.2. The number of nitrogens with one attached hydrogen (secondary N) is 2. The number of aromatic nitrogens is 1. The summed E-state index contributed by atoms with van der Waals surface area (Å²) in [5.41, 5.74) is 2.56. The number of ether oxygens (including phenoxy) is 2. The maximum atomic E-state index is 12.6. The predicted molar refractivity (Wildman–Crippen MR) is 129 cm³/mol. The van der Waals surface area contributed by atoms with E-state index in [0.717, 1.165) is 42.5 Å². The number of hydrogen-bond acceptors (Lipinski definition) is 4. The monoisotopic (exact) mass is 436 g/mol. The lowest BCUT2D eigenvalue weighted by Gasteiger charge is -2.17. The van der Waals surface area contributed by atoms with E-state index in [1.165, 1.54) is 12.8 Å². The molecular weight excluding hydrogens is 404 g/mol. The number of urea groups is 1. The zero-order valence-corrected chi connectivity index (χ0v) is 19.1. The zero-order chi connectivity index (χ0) is 22.5. The molecule has 2 N–H and O–H groups in total. The van der Waals surface area contributed by atoms with Gasteiger partial charge in [-0.3, -0.25) is 0 Å². The van der Waals surface area contributed by atoms with Crippen molar-refractivity contribution >= 4 is 28.3 Å². The van der Waals surface area contributed by atoms with Crippen LogP contribution in [0.25, 0.3) is 10.9 Å². The molecule has 1 fully saturated rings. The second-order valence-corrected chi connectivity index (χ2v) is 8.56. The molecule has 2 aromatic carbocycles. The number of benzene rings is 2. The van der Waals surface area contributed by atoms with Crippen molar-refractivity contribution in [3.8, 4) is 11.5 Å². The zero-order valence-electron chi connectivity index (χ0n) is 19.1. The van der Waals surface area contributed by atoms with Gasteiger partial charge in [-0.25, -0.2) is 4.79 Å². The first-order valence-electron chi connectivity index (χ1n) is 11.2. The Morgan fingerprint density at radius 3 is 2.47 bits per heavy atom. The van der Waals surface area contributed by atoms with E-state index in [4.69, 9.17) is 9.47 Å². The number of amides is 2. The Balaban J connectivity index is 1.41. The number of carbonyl (C=O) groups is 1. The summed E-state index contributed by atoms with van der Waals surface area (Å²) < 4.78 is 13.8. The van der Waals surface area contributed by atoms with Crippen molar-refractivity contribution in [2.45, 2.75) is 38.3 Å². The molecule has 0 radical (unpaired) electrons. The maximum Gasteiger partial charge on any atom is 0.323 e. The molecule has 7 heteroatoms. The van der Waals surface area contributed by atoms with E-state index in [-0.39, 0.29) is 12.1 Å². The van der Waals surface area contributed by atoms with Crippen molar-refractivity contribution < 1.29 is 14.3 Å². The van der Waals surface area contributed by atoms with Gasteiger partial charge in [0.25, 0.3) is 0 Å². The lowest BCUT2D eigenvalue weighted by molar-refractivity contribution is 0.201. The van der Waals surface area contributed by atoms with Crippen LogP contribution in [0.1, 0.15) is 25.7 Å². The Labute approximate surface area is 189 Å². The lowest BCUT2D eigenvalue weighted by Crippen LogP contribution is -2.19. The van der Waals surface area contributed by atoms with E-state index in [1.807, 2.05) is 36.4 Å². The molecule has 1 aromatic heterocycles. The van der Waals surface area contributed by atoms with Gasteiger partial charge in [0.1, 0.15) is 0 Å². The van der Waals surface area contributed by atoms with Crippen LogP contribution in [0, 0.1) is 0 Å². The highest BCUT2D eigenvalue weighted by Crippen LogP contribution is 2.34. The highest BCUT2D eigenvalue weighted by molar-refractivity contribution is 6.01. The Bertz CT molecular complexity index is 1070. The van der Waals surface area contributed by atoms with E-state index in [1.54, 1.807) is 7.11 Å². The highest BCUT2D eigenvalue weighted by atomic mass is 16.5. The van der Waals surface area contributed by atoms with Crippen molar-refractivity contribution in [1.82, 2.24) is 9.47 Å². The van der Waals surface area contributed by atoms with Gasteiger partial charge in [-0.15, -0.1) is 0 Å². The van der Waals surface area contributed by atoms with Crippen molar-refractivity contribution in [1.29, 1.82) is 0 Å². The van der Waals surface area contributed by atoms with Crippen molar-refractivity contribution in [2.24, 2.45) is 0 Å². The Kier molecular flexibility index (Phi) is 6.85. The van der Waals surface area contributed by atoms with Crippen LogP contribution < -0.4 is 20.1 Å². The van der Waals surface area contributed by atoms with Gasteiger partial charge in [0, 0.05) is 47.6 Å². The van der Waals surface area contributed by atoms with Gasteiger partial charge in [-0.05, 0) is 76.2 Å². The summed E-state index contributed by atoms with van der Waals surface area (Å²) >= 11 is 0. The number of hydrogen-bond donors (Lipinski definition) is 2. The summed E-state index contributed by atoms with van der Waals surface area (Å²) in [6, 6.07) is 13.2. The minimum atomic E-state index is -0.298. The van der Waals surface area contributed by atoms with Crippen LogP contribution in [-0.2, 0) is 6.54 Å². The maximum absolute atomic E-state index is 12.6. The summed E-state index contributed by atoms with van der Waals surface area (Å²) in [6.07, 6.45) is 6.79. The van der Waals surface area contributed by atoms with Gasteiger partial charge in [-0.1, -0.05) is 0 Å². The van der Waals surface area contributed by atoms with Crippen LogP contribution in [0.3, 0.4) is 0 Å². The summed E-state index contributed by atoms with van der Waals surface area (Å²) in [4.78, 5) is 14.8. The Hall–Kier alpha value is -3.19. The molecule has 0 aliphatic heterocycles. The van der Waals surface area contributed by atoms with Crippen molar-refractivity contribution in [3.63, 3.8) is 0 Å². The van der Waals surface area contributed by atoms with E-state index in [2.05, 4.69) is 46.5 Å². The SMILES string of the molecule is COc1ccc(NC(=O)Nc2ccc3c(ccn3CCN(C)C)c2)cc1OC1CCCC1. The number of rotatable bonds is 8. The molecular formula is C25H32N4O3. The summed E-state index contributed by atoms with van der Waals surface area (Å²) in [5.74, 6) is 1.34. The largest absolute Gasteiger partial charge is 0.493 e. The van der Waals surface area contributed by atoms with Crippen LogP contribution in [-0.4, -0.2) is 49.4 Å². The minimum absolute atomic E-state index is 0.213. The van der Waals surface area contributed by atoms with Crippen LogP contribution >= 0.6 is 0 Å². The molecule has 0 saturated heterocycles. The van der Waals surface area contributed by atoms with Crippen molar-refractivity contribution in [3.05, 3.63) is 48.7 Å². The molecule has 1 aliphatic carbocycles. The summed E-state index contributed by atoms with van der Waals surface area (Å²) in [7, 11) is 5.76. The molecule has 170 valence electrons. The molecule has 0 unspecified atom stereocenters. The van der Waals surface area contributed by atoms with E-state index in [0.29, 0.717) is 17.2 Å². The topological polar surface area (TPSA) is 67.8 Å². The van der Waals surface area contributed by atoms with Crippen LogP contribution in [0.15, 0.2) is 48.7 Å². The quantitative estimate of drug-likeness (QED) is 0.511. The van der Waals surface area contributed by atoms with E-state index < -0.39 is 0 Å². The normalized spacial score (nSPS) is 14.1. The molecule has 0 bridgehead atoms. The second-order valence-electron chi connectivity index (χ2n) is 8.56. The van der Waals surface area contributed by atoms with Crippen molar-refractivity contribution in [2.75, 3.05) is 38.4 Å². The molecule has 0 spiro atoms. The molecule has 4 rings (SSSR count). The molecule has 3 aromatic rings. The molecule has 32 heavy (non-hydrogen) atoms. The van der Waals surface area contributed by atoms with Gasteiger partial charge in [0.2, 0.25) is 0 Å². The number of nitrogens with zero attached hydrogens (tertiary/aromatic N) is 2. The predicted octanol–water partition coefficient (Wildman–Crippen LogP) is 5.18. The average Bonchev–Trinajstić information content (AvgIpc) is 3.42. The van der Waals surface area contributed by atoms with Gasteiger partial charge in [0.05, 0.1) is 13.2 Å². The number of likely N-dealkylation sites (N-methyl/N-ethyl adjacent to an activating group) is 1. The van der Waals surface area contributed by atoms with Gasteiger partial charge < -0.3 is 29.6 Å². The molecule has 1 heterocycles. The van der Waals surface area contributed by atoms with Crippen LogP contribution in [0.4, 0.5) is 16.2 Å². The third-order valence-electron chi connectivity index (χ3n) is 5.83. The highest BCUT2D eigenvalue weighted by Gasteiger charge is 2.19. The second kappa shape index (κ2) is 9.96. The minimum Gasteiger partial charge on any atom is -0.493 e. The third-order valence-corrected chi connectivity index (χ3v) is 5.83. The van der Waals surface area contributed by atoms with Gasteiger partial charge in [-0.2, -0.15) is 0 Å². The molecule has 2 amide bonds. The van der Waals surface area contributed by atoms with Gasteiger partial charge in [0.15, 0.2) is 11.5 Å². The molecule has 7 nitrogen and oxygen atoms in total. The van der Waals surface area contributed by atoms with Crippen LogP contribution in [0.2, 0.25) is 0 Å². The van der Waals surface area contributed by atoms with E-state index >= 15 is 0 Å². The summed E-state index contributed by atoms with van der Waals surface area (Å²) in [5, 5.41) is 6.92. The summed E-state index contributed by atoms with van der Waals surface area (Å²) in [6.45, 7) is 1.90. The fraction of sp³-hybridized carbons (Fsp3) is 0.400. The standard InChI is InChI=1S/C25H32N4O3/c1-28(2)14-15-29-13-12-18-16-19(8-10-22(18)29)26-25(30)27-20-9-11-23(31-3)24(17-20)32-21-6-4-5-7-21/h8-13,16-17,21H,4-7,14-15H2,1-3H3,(H2,26,27,30). The first-order chi connectivity index (χ1) is 15.5. The molecule has 1 saturated carbocycles. The van der Waals surface area contributed by atoms with Crippen LogP contribution in [0.5, 0.6) is 11.5 Å². The third kappa shape index (κ3) is 5.34. The molecule has 0 atom stereocenters.